The van der Waals surface area contributed by atoms with Crippen LogP contribution in [0.5, 0.6) is 0 Å². The second kappa shape index (κ2) is 6.09. The minimum absolute atomic E-state index is 0.0437. The van der Waals surface area contributed by atoms with Crippen LogP contribution in [0.25, 0.3) is 0 Å². The molecule has 0 saturated heterocycles. The number of nitrogens with two attached hydrogens (primary N) is 1. The molecule has 88 valence electrons. The van der Waals surface area contributed by atoms with Gasteiger partial charge in [0.2, 0.25) is 5.91 Å². The summed E-state index contributed by atoms with van der Waals surface area (Å²) in [6.45, 7) is 0.766. The van der Waals surface area contributed by atoms with Crippen molar-refractivity contribution in [1.29, 1.82) is 0 Å². The van der Waals surface area contributed by atoms with Crippen LogP contribution in [0.4, 0.5) is 11.4 Å². The molecule has 4 N–H and O–H groups in total. The summed E-state index contributed by atoms with van der Waals surface area (Å²) in [4.78, 5) is 13.3. The fourth-order valence-corrected chi connectivity index (χ4v) is 1.31. The summed E-state index contributed by atoms with van der Waals surface area (Å²) in [6.07, 6.45) is 0. The molecule has 0 aromatic heterocycles. The number of amides is 1. The Hall–Kier alpha value is -1.59. The number of rotatable bonds is 5. The summed E-state index contributed by atoms with van der Waals surface area (Å²) in [6, 6.07) is 7.01. The Morgan fingerprint density at radius 2 is 2.31 bits per heavy atom. The number of hydrogen-bond acceptors (Lipinski definition) is 4. The maximum absolute atomic E-state index is 11.5. The molecule has 0 unspecified atom stereocenters. The SMILES string of the molecule is CN(CCO)CC(=O)Nc1cccc(N)c1. The van der Waals surface area contributed by atoms with E-state index in [2.05, 4.69) is 5.32 Å². The van der Waals surface area contributed by atoms with Gasteiger partial charge in [0.15, 0.2) is 0 Å². The normalized spacial score (nSPS) is 10.4. The molecule has 0 fully saturated rings. The van der Waals surface area contributed by atoms with Crippen molar-refractivity contribution >= 4 is 17.3 Å². The smallest absolute Gasteiger partial charge is 0.238 e. The zero-order valence-electron chi connectivity index (χ0n) is 9.31. The molecule has 5 nitrogen and oxygen atoms in total. The Balaban J connectivity index is 2.45. The maximum Gasteiger partial charge on any atom is 0.238 e. The van der Waals surface area contributed by atoms with Crippen molar-refractivity contribution in [3.63, 3.8) is 0 Å². The second-order valence-electron chi connectivity index (χ2n) is 3.64. The van der Waals surface area contributed by atoms with E-state index in [1.54, 1.807) is 36.2 Å². The van der Waals surface area contributed by atoms with Gasteiger partial charge in [0, 0.05) is 17.9 Å². The van der Waals surface area contributed by atoms with Gasteiger partial charge in [0.1, 0.15) is 0 Å². The van der Waals surface area contributed by atoms with Crippen molar-refractivity contribution in [1.82, 2.24) is 4.90 Å². The summed E-state index contributed by atoms with van der Waals surface area (Å²) in [5, 5.41) is 11.4. The summed E-state index contributed by atoms with van der Waals surface area (Å²) < 4.78 is 0. The lowest BCUT2D eigenvalue weighted by atomic mass is 10.3. The van der Waals surface area contributed by atoms with Gasteiger partial charge >= 0.3 is 0 Å². The van der Waals surface area contributed by atoms with Gasteiger partial charge in [-0.15, -0.1) is 0 Å². The van der Waals surface area contributed by atoms with E-state index in [1.165, 1.54) is 0 Å². The predicted molar refractivity (Wildman–Crippen MR) is 64.1 cm³/mol. The van der Waals surface area contributed by atoms with E-state index in [1.807, 2.05) is 0 Å². The first-order valence-electron chi connectivity index (χ1n) is 5.06. The van der Waals surface area contributed by atoms with E-state index in [4.69, 9.17) is 10.8 Å². The van der Waals surface area contributed by atoms with Gasteiger partial charge in [-0.25, -0.2) is 0 Å². The number of nitrogen functional groups attached to an aromatic ring is 1. The monoisotopic (exact) mass is 223 g/mol. The third kappa shape index (κ3) is 4.29. The number of carbonyl (C=O) groups is 1. The molecular formula is C11H17N3O2. The zero-order chi connectivity index (χ0) is 12.0. The number of hydrogen-bond donors (Lipinski definition) is 3. The first kappa shape index (κ1) is 12.5. The number of aliphatic hydroxyl groups excluding tert-OH is 1. The van der Waals surface area contributed by atoms with Crippen LogP contribution in [-0.4, -0.2) is 42.7 Å². The number of nitrogens with zero attached hydrogens (tertiary/aromatic N) is 1. The standard InChI is InChI=1S/C11H17N3O2/c1-14(5-6-15)8-11(16)13-10-4-2-3-9(12)7-10/h2-4,7,15H,5-6,8,12H2,1H3,(H,13,16). The van der Waals surface area contributed by atoms with Crippen LogP contribution in [0, 0.1) is 0 Å². The molecule has 0 aliphatic rings. The van der Waals surface area contributed by atoms with E-state index >= 15 is 0 Å². The van der Waals surface area contributed by atoms with E-state index in [0.29, 0.717) is 17.9 Å². The van der Waals surface area contributed by atoms with E-state index in [9.17, 15) is 4.79 Å². The second-order valence-corrected chi connectivity index (χ2v) is 3.64. The molecule has 16 heavy (non-hydrogen) atoms. The predicted octanol–water partition coefficient (Wildman–Crippen LogP) is 0.131. The van der Waals surface area contributed by atoms with Crippen molar-refractivity contribution in [3.8, 4) is 0 Å². The molecule has 1 rings (SSSR count). The summed E-state index contributed by atoms with van der Waals surface area (Å²) in [5.41, 5.74) is 6.88. The molecule has 0 spiro atoms. The van der Waals surface area contributed by atoms with Crippen LogP contribution < -0.4 is 11.1 Å². The maximum atomic E-state index is 11.5. The van der Waals surface area contributed by atoms with Crippen LogP contribution in [0.2, 0.25) is 0 Å². The molecule has 5 heteroatoms. The molecule has 0 bridgehead atoms. The average Bonchev–Trinajstić information content (AvgIpc) is 2.17. The van der Waals surface area contributed by atoms with Crippen molar-refractivity contribution in [2.45, 2.75) is 0 Å². The lowest BCUT2D eigenvalue weighted by molar-refractivity contribution is -0.117. The van der Waals surface area contributed by atoms with Crippen LogP contribution >= 0.6 is 0 Å². The largest absolute Gasteiger partial charge is 0.399 e. The number of nitrogens with one attached hydrogen (secondary N) is 1. The Labute approximate surface area is 94.9 Å². The third-order valence-electron chi connectivity index (χ3n) is 2.07. The van der Waals surface area contributed by atoms with Crippen molar-refractivity contribution < 1.29 is 9.90 Å². The Bertz CT molecular complexity index is 355. The Kier molecular flexibility index (Phi) is 4.75. The average molecular weight is 223 g/mol. The highest BCUT2D eigenvalue weighted by atomic mass is 16.3. The lowest BCUT2D eigenvalue weighted by Gasteiger charge is -2.14. The van der Waals surface area contributed by atoms with Crippen molar-refractivity contribution in [2.24, 2.45) is 0 Å². The molecule has 0 aliphatic heterocycles. The minimum atomic E-state index is -0.124. The number of anilines is 2. The first-order valence-corrected chi connectivity index (χ1v) is 5.06. The van der Waals surface area contributed by atoms with E-state index < -0.39 is 0 Å². The Morgan fingerprint density at radius 3 is 2.94 bits per heavy atom. The molecule has 0 atom stereocenters. The minimum Gasteiger partial charge on any atom is -0.399 e. The summed E-state index contributed by atoms with van der Waals surface area (Å²) in [7, 11) is 1.77. The molecule has 0 aliphatic carbocycles. The molecule has 0 saturated carbocycles. The van der Waals surface area contributed by atoms with Crippen molar-refractivity contribution in [2.75, 3.05) is 37.8 Å². The van der Waals surface area contributed by atoms with Gasteiger partial charge < -0.3 is 16.2 Å². The van der Waals surface area contributed by atoms with Gasteiger partial charge in [0.05, 0.1) is 13.2 Å². The topological polar surface area (TPSA) is 78.6 Å². The number of aliphatic hydroxyl groups is 1. The van der Waals surface area contributed by atoms with Gasteiger partial charge in [-0.2, -0.15) is 0 Å². The Morgan fingerprint density at radius 1 is 1.56 bits per heavy atom. The lowest BCUT2D eigenvalue weighted by Crippen LogP contribution is -2.32. The molecule has 1 aromatic carbocycles. The van der Waals surface area contributed by atoms with Gasteiger partial charge in [-0.1, -0.05) is 6.07 Å². The van der Waals surface area contributed by atoms with Crippen molar-refractivity contribution in [3.05, 3.63) is 24.3 Å². The van der Waals surface area contributed by atoms with Crippen LogP contribution in [0.3, 0.4) is 0 Å². The fourth-order valence-electron chi connectivity index (χ4n) is 1.31. The highest BCUT2D eigenvalue weighted by molar-refractivity contribution is 5.92. The van der Waals surface area contributed by atoms with Crippen LogP contribution in [0.15, 0.2) is 24.3 Å². The quantitative estimate of drug-likeness (QED) is 0.620. The van der Waals surface area contributed by atoms with Gasteiger partial charge in [-0.05, 0) is 25.2 Å². The number of carbonyl (C=O) groups excluding carboxylic acids is 1. The molecule has 0 radical (unpaired) electrons. The highest BCUT2D eigenvalue weighted by Crippen LogP contribution is 2.11. The number of benzene rings is 1. The van der Waals surface area contributed by atoms with Gasteiger partial charge in [0.25, 0.3) is 0 Å². The molecular weight excluding hydrogens is 206 g/mol. The van der Waals surface area contributed by atoms with Crippen LogP contribution in [-0.2, 0) is 4.79 Å². The zero-order valence-corrected chi connectivity index (χ0v) is 9.31. The first-order chi connectivity index (χ1) is 7.61. The summed E-state index contributed by atoms with van der Waals surface area (Å²) in [5.74, 6) is -0.124. The fraction of sp³-hybridized carbons (Fsp3) is 0.364. The molecule has 1 amide bonds. The van der Waals surface area contributed by atoms with E-state index in [0.717, 1.165) is 0 Å². The number of likely N-dealkylation sites (N-methyl/N-ethyl adjacent to an activating group) is 1. The summed E-state index contributed by atoms with van der Waals surface area (Å²) >= 11 is 0. The van der Waals surface area contributed by atoms with Gasteiger partial charge in [-0.3, -0.25) is 9.69 Å². The highest BCUT2D eigenvalue weighted by Gasteiger charge is 2.06. The molecule has 0 heterocycles. The third-order valence-corrected chi connectivity index (χ3v) is 2.07. The van der Waals surface area contributed by atoms with Crippen LogP contribution in [0.1, 0.15) is 0 Å². The van der Waals surface area contributed by atoms with E-state index in [-0.39, 0.29) is 19.1 Å². The molecule has 1 aromatic rings.